The average Bonchev–Trinajstić information content (AvgIpc) is 3.11. The van der Waals surface area contributed by atoms with Crippen LogP contribution >= 0.6 is 0 Å². The van der Waals surface area contributed by atoms with Gasteiger partial charge < -0.3 is 19.8 Å². The number of nitrogens with zero attached hydrogens (tertiary/aromatic N) is 3. The van der Waals surface area contributed by atoms with Gasteiger partial charge in [-0.25, -0.2) is 14.8 Å². The summed E-state index contributed by atoms with van der Waals surface area (Å²) in [6, 6.07) is 39.9. The molecule has 0 spiro atoms. The predicted molar refractivity (Wildman–Crippen MR) is 182 cm³/mol. The molecule has 0 unspecified atom stereocenters. The van der Waals surface area contributed by atoms with Gasteiger partial charge in [-0.1, -0.05) is 84.9 Å². The third kappa shape index (κ3) is 7.39. The van der Waals surface area contributed by atoms with Crippen LogP contribution in [0.1, 0.15) is 48.7 Å². The number of hydrogen-bond acceptors (Lipinski definition) is 7. The molecule has 0 amide bonds. The number of carboxylic acid groups (broad SMARTS) is 1. The molecule has 6 rings (SSSR count). The zero-order chi connectivity index (χ0) is 32.6. The van der Waals surface area contributed by atoms with Gasteiger partial charge in [0.05, 0.1) is 22.4 Å². The van der Waals surface area contributed by atoms with Gasteiger partial charge in [0, 0.05) is 22.6 Å². The summed E-state index contributed by atoms with van der Waals surface area (Å²) in [6.07, 6.45) is 1.25. The molecule has 0 radical (unpaired) electrons. The Hall–Kier alpha value is -5.76. The summed E-state index contributed by atoms with van der Waals surface area (Å²) in [7, 11) is 0. The number of carbonyl (C=O) groups is 1. The number of carboxylic acids is 1. The van der Waals surface area contributed by atoms with E-state index in [2.05, 4.69) is 12.1 Å². The van der Waals surface area contributed by atoms with Crippen molar-refractivity contribution in [3.05, 3.63) is 144 Å². The summed E-state index contributed by atoms with van der Waals surface area (Å²) >= 11 is 0. The first-order chi connectivity index (χ1) is 22.9. The molecule has 2 heterocycles. The molecule has 4 aromatic carbocycles. The number of benzene rings is 4. The molecule has 6 aromatic rings. The third-order valence-corrected chi connectivity index (χ3v) is 8.53. The molecular formula is C39H35N3O5. The van der Waals surface area contributed by atoms with Crippen molar-refractivity contribution < 1.29 is 24.6 Å². The summed E-state index contributed by atoms with van der Waals surface area (Å²) in [5, 5.41) is 23.6. The van der Waals surface area contributed by atoms with Gasteiger partial charge in [0.25, 0.3) is 0 Å². The molecule has 0 atom stereocenters. The quantitative estimate of drug-likeness (QED) is 0.0753. The molecule has 236 valence electrons. The monoisotopic (exact) mass is 625 g/mol. The summed E-state index contributed by atoms with van der Waals surface area (Å²) < 4.78 is 12.2. The highest BCUT2D eigenvalue weighted by atomic mass is 16.5. The molecule has 2 N–H and O–H groups in total. The molecule has 0 aliphatic carbocycles. The van der Waals surface area contributed by atoms with E-state index >= 15 is 0 Å². The van der Waals surface area contributed by atoms with Gasteiger partial charge in [-0.3, -0.25) is 0 Å². The van der Waals surface area contributed by atoms with Gasteiger partial charge in [-0.05, 0) is 72.5 Å². The minimum Gasteiger partial charge on any atom is -0.487 e. The van der Waals surface area contributed by atoms with Crippen molar-refractivity contribution in [2.75, 3.05) is 0 Å². The molecule has 0 aliphatic rings. The number of fused-ring (bicyclic) bond motifs is 2. The van der Waals surface area contributed by atoms with Crippen LogP contribution in [-0.2, 0) is 23.4 Å². The maximum absolute atomic E-state index is 11.4. The smallest absolute Gasteiger partial charge is 0.353 e. The number of aromatic nitrogens is 2. The molecule has 8 heteroatoms. The second-order valence-corrected chi connectivity index (χ2v) is 11.7. The van der Waals surface area contributed by atoms with Crippen LogP contribution in [0.4, 0.5) is 0 Å². The fourth-order valence-corrected chi connectivity index (χ4v) is 5.79. The lowest BCUT2D eigenvalue weighted by Crippen LogP contribution is -2.24. The zero-order valence-electron chi connectivity index (χ0n) is 26.0. The van der Waals surface area contributed by atoms with Crippen molar-refractivity contribution in [2.45, 2.75) is 44.8 Å². The Morgan fingerprint density at radius 3 is 1.60 bits per heavy atom. The highest BCUT2D eigenvalue weighted by molar-refractivity contribution is 6.35. The molecule has 0 aliphatic heterocycles. The van der Waals surface area contributed by atoms with Gasteiger partial charge in [-0.15, -0.1) is 0 Å². The molecular weight excluding hydrogens is 590 g/mol. The van der Waals surface area contributed by atoms with E-state index in [0.717, 1.165) is 55.8 Å². The summed E-state index contributed by atoms with van der Waals surface area (Å²) in [4.78, 5) is 20.8. The van der Waals surface area contributed by atoms with Crippen LogP contribution in [0.15, 0.2) is 126 Å². The van der Waals surface area contributed by atoms with E-state index in [1.54, 1.807) is 0 Å². The van der Waals surface area contributed by atoms with Gasteiger partial charge >= 0.3 is 5.97 Å². The predicted octanol–water partition coefficient (Wildman–Crippen LogP) is 8.33. The Balaban J connectivity index is 1.17. The van der Waals surface area contributed by atoms with Gasteiger partial charge in [0.15, 0.2) is 5.71 Å². The maximum atomic E-state index is 11.4. The fraction of sp³-hybridized carbons (Fsp3) is 0.179. The van der Waals surface area contributed by atoms with Crippen LogP contribution in [0.3, 0.4) is 0 Å². The van der Waals surface area contributed by atoms with E-state index in [0.29, 0.717) is 26.1 Å². The Kier molecular flexibility index (Phi) is 9.38. The first kappa shape index (κ1) is 31.2. The first-order valence-corrected chi connectivity index (χ1v) is 15.5. The minimum absolute atomic E-state index is 0.140. The second-order valence-electron chi connectivity index (χ2n) is 11.7. The van der Waals surface area contributed by atoms with Crippen molar-refractivity contribution in [2.24, 2.45) is 5.16 Å². The molecule has 0 fully saturated rings. The number of para-hydroxylation sites is 2. The van der Waals surface area contributed by atoms with E-state index in [1.165, 1.54) is 0 Å². The molecule has 0 saturated heterocycles. The van der Waals surface area contributed by atoms with Gasteiger partial charge in [0.2, 0.25) is 0 Å². The average molecular weight is 626 g/mol. The lowest BCUT2D eigenvalue weighted by molar-refractivity contribution is -0.129. The molecule has 47 heavy (non-hydrogen) atoms. The largest absolute Gasteiger partial charge is 0.487 e. The third-order valence-electron chi connectivity index (χ3n) is 8.53. The van der Waals surface area contributed by atoms with E-state index in [4.69, 9.17) is 24.6 Å². The Morgan fingerprint density at radius 1 is 0.681 bits per heavy atom. The Morgan fingerprint density at radius 2 is 1.15 bits per heavy atom. The van der Waals surface area contributed by atoms with Crippen LogP contribution in [0.2, 0.25) is 0 Å². The lowest BCUT2D eigenvalue weighted by Gasteiger charge is -2.31. The minimum atomic E-state index is -1.22. The van der Waals surface area contributed by atoms with Crippen LogP contribution in [0, 0.1) is 0 Å². The number of hydrogen-bond donors (Lipinski definition) is 2. The Bertz CT molecular complexity index is 1900. The van der Waals surface area contributed by atoms with Crippen LogP contribution in [0.5, 0.6) is 11.5 Å². The zero-order valence-corrected chi connectivity index (χ0v) is 26.0. The van der Waals surface area contributed by atoms with E-state index in [1.807, 2.05) is 121 Å². The van der Waals surface area contributed by atoms with E-state index in [-0.39, 0.29) is 12.1 Å². The van der Waals surface area contributed by atoms with Crippen LogP contribution in [0.25, 0.3) is 21.8 Å². The second kappa shape index (κ2) is 14.1. The lowest BCUT2D eigenvalue weighted by atomic mass is 9.72. The Labute approximate surface area is 273 Å². The number of ether oxygens (including phenoxy) is 2. The maximum Gasteiger partial charge on any atom is 0.353 e. The SMILES string of the molecule is CC(CCC/C(=N/O)C(=O)O)(c1ccc(OCc2ccc3ccccc3n2)cc1)c1ccc(OCc2ccc3ccccc3n2)cc1. The number of aliphatic carboxylic acids is 1. The van der Waals surface area contributed by atoms with Crippen molar-refractivity contribution in [3.8, 4) is 11.5 Å². The number of pyridine rings is 2. The van der Waals surface area contributed by atoms with Gasteiger partial charge in [0.1, 0.15) is 24.7 Å². The molecule has 0 bridgehead atoms. The van der Waals surface area contributed by atoms with E-state index < -0.39 is 11.4 Å². The van der Waals surface area contributed by atoms with E-state index in [9.17, 15) is 9.90 Å². The van der Waals surface area contributed by atoms with Crippen molar-refractivity contribution in [1.29, 1.82) is 0 Å². The van der Waals surface area contributed by atoms with Gasteiger partial charge in [-0.2, -0.15) is 0 Å². The van der Waals surface area contributed by atoms with Crippen LogP contribution in [-0.4, -0.2) is 32.0 Å². The molecule has 2 aromatic heterocycles. The molecule has 0 saturated carbocycles. The normalized spacial score (nSPS) is 11.9. The standard InChI is InChI=1S/C39H35N3O5/c1-39(24-6-11-37(42-45)38(43)44,29-14-20-33(21-15-29)46-25-31-18-12-27-7-2-4-9-35(27)40-31)30-16-22-34(23-17-30)47-26-32-19-13-28-8-3-5-10-36(28)41-32/h2-5,7-10,12-23,45H,6,11,24-26H2,1H3,(H,43,44)/b42-37-. The summed E-state index contributed by atoms with van der Waals surface area (Å²) in [5.41, 5.74) is 4.89. The fourth-order valence-electron chi connectivity index (χ4n) is 5.79. The molecule has 8 nitrogen and oxygen atoms in total. The number of rotatable bonds is 13. The number of oxime groups is 1. The summed E-state index contributed by atoms with van der Waals surface area (Å²) in [5.74, 6) is 0.217. The summed E-state index contributed by atoms with van der Waals surface area (Å²) in [6.45, 7) is 2.82. The van der Waals surface area contributed by atoms with Crippen molar-refractivity contribution in [1.82, 2.24) is 9.97 Å². The topological polar surface area (TPSA) is 114 Å². The highest BCUT2D eigenvalue weighted by Gasteiger charge is 2.29. The first-order valence-electron chi connectivity index (χ1n) is 15.5. The highest BCUT2D eigenvalue weighted by Crippen LogP contribution is 2.38. The van der Waals surface area contributed by atoms with Crippen LogP contribution < -0.4 is 9.47 Å². The van der Waals surface area contributed by atoms with Crippen molar-refractivity contribution >= 4 is 33.5 Å². The van der Waals surface area contributed by atoms with Crippen molar-refractivity contribution in [3.63, 3.8) is 0 Å².